The molecule has 1 saturated heterocycles. The molecule has 2 aliphatic rings. The summed E-state index contributed by atoms with van der Waals surface area (Å²) < 4.78 is 5.99. The Labute approximate surface area is 118 Å². The normalized spacial score (nSPS) is 36.9. The van der Waals surface area contributed by atoms with E-state index in [9.17, 15) is 0 Å². The molecular weight excluding hydrogens is 236 g/mol. The molecule has 1 aliphatic carbocycles. The van der Waals surface area contributed by atoms with Crippen LogP contribution in [0.2, 0.25) is 0 Å². The first kappa shape index (κ1) is 15.3. The number of ether oxygens (including phenoxy) is 1. The van der Waals surface area contributed by atoms with E-state index in [0.29, 0.717) is 12.0 Å². The number of fused-ring (bicyclic) bond motifs is 1. The van der Waals surface area contributed by atoms with Gasteiger partial charge in [-0.05, 0) is 38.8 Å². The highest BCUT2D eigenvalue weighted by molar-refractivity contribution is 5.20. The summed E-state index contributed by atoms with van der Waals surface area (Å²) in [6, 6.07) is 0. The second-order valence-electron chi connectivity index (χ2n) is 7.08. The fraction of sp³-hybridized carbons (Fsp3) is 1.00. The topological polar surface area (TPSA) is 38.5 Å². The van der Waals surface area contributed by atoms with Gasteiger partial charge in [0.1, 0.15) is 0 Å². The predicted molar refractivity (Wildman–Crippen MR) is 80.2 cm³/mol. The van der Waals surface area contributed by atoms with Crippen molar-refractivity contribution < 1.29 is 4.74 Å². The molecule has 3 nitrogen and oxygen atoms in total. The quantitative estimate of drug-likeness (QED) is 0.805. The Balaban J connectivity index is 2.07. The molecule has 112 valence electrons. The van der Waals surface area contributed by atoms with Gasteiger partial charge in [-0.15, -0.1) is 0 Å². The third kappa shape index (κ3) is 2.45. The molecule has 0 aromatic heterocycles. The van der Waals surface area contributed by atoms with E-state index in [1.54, 1.807) is 0 Å². The Morgan fingerprint density at radius 1 is 1.21 bits per heavy atom. The minimum Gasteiger partial charge on any atom is -0.377 e. The lowest BCUT2D eigenvalue weighted by Gasteiger charge is -2.67. The van der Waals surface area contributed by atoms with Crippen LogP contribution >= 0.6 is 0 Å². The SMILES string of the molecule is CCCN(CCC)CC1(N)C2CCCOC2C1(C)C. The highest BCUT2D eigenvalue weighted by atomic mass is 16.5. The third-order valence-electron chi connectivity index (χ3n) is 5.46. The summed E-state index contributed by atoms with van der Waals surface area (Å²) in [5.74, 6) is 0.562. The first-order valence-electron chi connectivity index (χ1n) is 8.10. The van der Waals surface area contributed by atoms with Crippen LogP contribution in [0.4, 0.5) is 0 Å². The molecule has 0 aromatic rings. The van der Waals surface area contributed by atoms with E-state index in [-0.39, 0.29) is 11.0 Å². The van der Waals surface area contributed by atoms with E-state index < -0.39 is 0 Å². The second kappa shape index (κ2) is 5.71. The Morgan fingerprint density at radius 3 is 2.42 bits per heavy atom. The van der Waals surface area contributed by atoms with Crippen molar-refractivity contribution >= 4 is 0 Å². The van der Waals surface area contributed by atoms with E-state index in [2.05, 4.69) is 32.6 Å². The van der Waals surface area contributed by atoms with Gasteiger partial charge in [-0.25, -0.2) is 0 Å². The van der Waals surface area contributed by atoms with Gasteiger partial charge in [-0.2, -0.15) is 0 Å². The van der Waals surface area contributed by atoms with Crippen LogP contribution in [-0.2, 0) is 4.74 Å². The Kier molecular flexibility index (Phi) is 4.59. The first-order valence-corrected chi connectivity index (χ1v) is 8.10. The molecule has 1 heterocycles. The van der Waals surface area contributed by atoms with Crippen molar-refractivity contribution in [1.29, 1.82) is 0 Å². The number of hydrogen-bond donors (Lipinski definition) is 1. The summed E-state index contributed by atoms with van der Waals surface area (Å²) in [7, 11) is 0. The van der Waals surface area contributed by atoms with Gasteiger partial charge >= 0.3 is 0 Å². The molecule has 3 unspecified atom stereocenters. The molecule has 2 N–H and O–H groups in total. The summed E-state index contributed by atoms with van der Waals surface area (Å²) in [5, 5.41) is 0. The van der Waals surface area contributed by atoms with Gasteiger partial charge in [-0.1, -0.05) is 27.7 Å². The van der Waals surface area contributed by atoms with Crippen LogP contribution in [0, 0.1) is 11.3 Å². The van der Waals surface area contributed by atoms with Crippen molar-refractivity contribution in [1.82, 2.24) is 4.90 Å². The summed E-state index contributed by atoms with van der Waals surface area (Å²) >= 11 is 0. The van der Waals surface area contributed by atoms with Gasteiger partial charge in [0.15, 0.2) is 0 Å². The maximum Gasteiger partial charge on any atom is 0.0690 e. The van der Waals surface area contributed by atoms with E-state index in [1.807, 2.05) is 0 Å². The zero-order valence-electron chi connectivity index (χ0n) is 13.2. The van der Waals surface area contributed by atoms with Gasteiger partial charge in [0, 0.05) is 30.0 Å². The number of nitrogens with two attached hydrogens (primary N) is 1. The smallest absolute Gasteiger partial charge is 0.0690 e. The largest absolute Gasteiger partial charge is 0.377 e. The average molecular weight is 268 g/mol. The van der Waals surface area contributed by atoms with Gasteiger partial charge < -0.3 is 15.4 Å². The molecule has 0 spiro atoms. The zero-order chi connectivity index (χ0) is 14.1. The highest BCUT2D eigenvalue weighted by Gasteiger charge is 2.66. The lowest BCUT2D eigenvalue weighted by atomic mass is 9.46. The van der Waals surface area contributed by atoms with Crippen LogP contribution in [0.25, 0.3) is 0 Å². The molecule has 2 rings (SSSR count). The molecule has 0 radical (unpaired) electrons. The number of rotatable bonds is 6. The molecule has 0 aromatic carbocycles. The van der Waals surface area contributed by atoms with Crippen molar-refractivity contribution in [2.45, 2.75) is 65.0 Å². The molecule has 2 fully saturated rings. The zero-order valence-corrected chi connectivity index (χ0v) is 13.2. The van der Waals surface area contributed by atoms with Crippen molar-refractivity contribution in [3.63, 3.8) is 0 Å². The van der Waals surface area contributed by atoms with Crippen LogP contribution < -0.4 is 5.73 Å². The van der Waals surface area contributed by atoms with Gasteiger partial charge in [0.2, 0.25) is 0 Å². The van der Waals surface area contributed by atoms with Gasteiger partial charge in [-0.3, -0.25) is 0 Å². The lowest BCUT2D eigenvalue weighted by molar-refractivity contribution is -0.232. The van der Waals surface area contributed by atoms with Crippen molar-refractivity contribution in [2.75, 3.05) is 26.2 Å². The molecule has 19 heavy (non-hydrogen) atoms. The Morgan fingerprint density at radius 2 is 1.84 bits per heavy atom. The average Bonchev–Trinajstić information content (AvgIpc) is 2.39. The first-order chi connectivity index (χ1) is 8.97. The predicted octanol–water partition coefficient (Wildman–Crippen LogP) is 2.64. The molecule has 3 heteroatoms. The molecule has 1 aliphatic heterocycles. The minimum atomic E-state index is -0.0670. The van der Waals surface area contributed by atoms with Crippen LogP contribution in [0.1, 0.15) is 53.4 Å². The molecule has 3 atom stereocenters. The molecular formula is C16H32N2O. The summed E-state index contributed by atoms with van der Waals surface area (Å²) in [6.45, 7) is 13.4. The van der Waals surface area contributed by atoms with Crippen LogP contribution in [-0.4, -0.2) is 42.8 Å². The standard InChI is InChI=1S/C16H32N2O/c1-5-9-18(10-6-2)12-16(17)13-8-7-11-19-14(13)15(16,3)4/h13-14H,5-12,17H2,1-4H3. The van der Waals surface area contributed by atoms with E-state index in [1.165, 1.54) is 38.8 Å². The van der Waals surface area contributed by atoms with Gasteiger partial charge in [0.05, 0.1) is 6.10 Å². The van der Waals surface area contributed by atoms with E-state index >= 15 is 0 Å². The summed E-state index contributed by atoms with van der Waals surface area (Å²) in [6.07, 6.45) is 5.23. The number of nitrogens with zero attached hydrogens (tertiary/aromatic N) is 1. The summed E-state index contributed by atoms with van der Waals surface area (Å²) in [4.78, 5) is 2.56. The van der Waals surface area contributed by atoms with Gasteiger partial charge in [0.25, 0.3) is 0 Å². The molecule has 1 saturated carbocycles. The monoisotopic (exact) mass is 268 g/mol. The maximum atomic E-state index is 6.88. The Bertz CT molecular complexity index is 299. The van der Waals surface area contributed by atoms with E-state index in [0.717, 1.165) is 13.2 Å². The van der Waals surface area contributed by atoms with Crippen molar-refractivity contribution in [2.24, 2.45) is 17.1 Å². The number of hydrogen-bond acceptors (Lipinski definition) is 3. The van der Waals surface area contributed by atoms with Crippen LogP contribution in [0.5, 0.6) is 0 Å². The summed E-state index contributed by atoms with van der Waals surface area (Å²) in [5.41, 5.74) is 6.92. The lowest BCUT2D eigenvalue weighted by Crippen LogP contribution is -2.80. The fourth-order valence-corrected chi connectivity index (χ4v) is 4.26. The second-order valence-corrected chi connectivity index (χ2v) is 7.08. The van der Waals surface area contributed by atoms with Crippen LogP contribution in [0.3, 0.4) is 0 Å². The van der Waals surface area contributed by atoms with Crippen molar-refractivity contribution in [3.05, 3.63) is 0 Å². The minimum absolute atomic E-state index is 0.0670. The van der Waals surface area contributed by atoms with Crippen molar-refractivity contribution in [3.8, 4) is 0 Å². The maximum absolute atomic E-state index is 6.88. The highest BCUT2D eigenvalue weighted by Crippen LogP contribution is 2.57. The molecule has 0 bridgehead atoms. The van der Waals surface area contributed by atoms with Crippen LogP contribution in [0.15, 0.2) is 0 Å². The molecule has 0 amide bonds. The third-order valence-corrected chi connectivity index (χ3v) is 5.46. The fourth-order valence-electron chi connectivity index (χ4n) is 4.26. The van der Waals surface area contributed by atoms with E-state index in [4.69, 9.17) is 10.5 Å². The Hall–Kier alpha value is -0.120.